The van der Waals surface area contributed by atoms with Gasteiger partial charge in [-0.3, -0.25) is 5.10 Å². The third kappa shape index (κ3) is 3.84. The first-order valence-corrected chi connectivity index (χ1v) is 9.26. The van der Waals surface area contributed by atoms with E-state index >= 15 is 0 Å². The first-order valence-electron chi connectivity index (χ1n) is 7.82. The maximum atomic E-state index is 12.8. The Bertz CT molecular complexity index is 545. The van der Waals surface area contributed by atoms with Crippen molar-refractivity contribution < 1.29 is 8.42 Å². The van der Waals surface area contributed by atoms with Gasteiger partial charge in [0.15, 0.2) is 5.03 Å². The molecule has 1 aromatic rings. The van der Waals surface area contributed by atoms with E-state index in [0.717, 1.165) is 49.9 Å². The summed E-state index contributed by atoms with van der Waals surface area (Å²) in [6.45, 7) is 6.58. The van der Waals surface area contributed by atoms with Gasteiger partial charge in [0.25, 0.3) is 10.0 Å². The number of aromatic amines is 1. The summed E-state index contributed by atoms with van der Waals surface area (Å²) in [5, 5.41) is 10.4. The minimum absolute atomic E-state index is 0.200. The Labute approximate surface area is 127 Å². The van der Waals surface area contributed by atoms with E-state index in [4.69, 9.17) is 0 Å². The zero-order valence-corrected chi connectivity index (χ0v) is 13.8. The smallest absolute Gasteiger partial charge is 0.262 e. The van der Waals surface area contributed by atoms with Gasteiger partial charge in [0.2, 0.25) is 0 Å². The maximum Gasteiger partial charge on any atom is 0.262 e. The van der Waals surface area contributed by atoms with E-state index in [1.165, 1.54) is 0 Å². The number of aryl methyl sites for hydroxylation is 1. The Balaban J connectivity index is 2.22. The normalized spacial score (nSPS) is 17.8. The quantitative estimate of drug-likeness (QED) is 0.785. The number of sulfonamides is 1. The van der Waals surface area contributed by atoms with Gasteiger partial charge in [0.05, 0.1) is 0 Å². The number of nitrogens with one attached hydrogen (secondary N) is 2. The highest BCUT2D eigenvalue weighted by Gasteiger charge is 2.30. The molecule has 7 heteroatoms. The summed E-state index contributed by atoms with van der Waals surface area (Å²) in [4.78, 5) is 0. The average molecular weight is 314 g/mol. The zero-order valence-electron chi connectivity index (χ0n) is 13.0. The SMILES string of the molecule is CCCNCc1c(S(=O)(=O)N2CCCCCC2)n[nH]c1C. The van der Waals surface area contributed by atoms with Crippen LogP contribution in [0.2, 0.25) is 0 Å². The Hall–Kier alpha value is -0.920. The van der Waals surface area contributed by atoms with Gasteiger partial charge in [-0.05, 0) is 32.7 Å². The molecule has 0 aliphatic carbocycles. The first-order chi connectivity index (χ1) is 10.1. The van der Waals surface area contributed by atoms with Gasteiger partial charge in [-0.25, -0.2) is 8.42 Å². The molecule has 0 saturated carbocycles. The fraction of sp³-hybridized carbons (Fsp3) is 0.786. The fourth-order valence-electron chi connectivity index (χ4n) is 2.65. The summed E-state index contributed by atoms with van der Waals surface area (Å²) in [6, 6.07) is 0. The molecular formula is C14H26N4O2S. The van der Waals surface area contributed by atoms with Crippen molar-refractivity contribution in [1.82, 2.24) is 19.8 Å². The van der Waals surface area contributed by atoms with Crippen molar-refractivity contribution >= 4 is 10.0 Å². The van der Waals surface area contributed by atoms with E-state index in [-0.39, 0.29) is 5.03 Å². The molecule has 1 aliphatic heterocycles. The van der Waals surface area contributed by atoms with Crippen LogP contribution < -0.4 is 5.32 Å². The van der Waals surface area contributed by atoms with Crippen molar-refractivity contribution in [3.05, 3.63) is 11.3 Å². The van der Waals surface area contributed by atoms with E-state index < -0.39 is 10.0 Å². The standard InChI is InChI=1S/C14H26N4O2S/c1-3-8-15-11-13-12(2)16-17-14(13)21(19,20)18-9-6-4-5-7-10-18/h15H,3-11H2,1-2H3,(H,16,17). The van der Waals surface area contributed by atoms with Gasteiger partial charge in [-0.1, -0.05) is 19.8 Å². The molecule has 0 atom stereocenters. The summed E-state index contributed by atoms with van der Waals surface area (Å²) in [6.07, 6.45) is 5.11. The molecule has 0 radical (unpaired) electrons. The Morgan fingerprint density at radius 3 is 2.52 bits per heavy atom. The molecule has 2 N–H and O–H groups in total. The molecule has 0 spiro atoms. The van der Waals surface area contributed by atoms with E-state index in [1.807, 2.05) is 6.92 Å². The van der Waals surface area contributed by atoms with Crippen LogP contribution >= 0.6 is 0 Å². The van der Waals surface area contributed by atoms with E-state index in [2.05, 4.69) is 22.4 Å². The molecule has 6 nitrogen and oxygen atoms in total. The van der Waals surface area contributed by atoms with Crippen LogP contribution in [0.1, 0.15) is 50.3 Å². The van der Waals surface area contributed by atoms with Gasteiger partial charge < -0.3 is 5.32 Å². The zero-order chi connectivity index (χ0) is 15.3. The lowest BCUT2D eigenvalue weighted by Gasteiger charge is -2.19. The molecule has 0 bridgehead atoms. The third-order valence-corrected chi connectivity index (χ3v) is 5.79. The van der Waals surface area contributed by atoms with E-state index in [0.29, 0.717) is 19.6 Å². The van der Waals surface area contributed by atoms with Crippen molar-refractivity contribution in [3.63, 3.8) is 0 Å². The van der Waals surface area contributed by atoms with Crippen LogP contribution in [0, 0.1) is 6.92 Å². The molecule has 0 unspecified atom stereocenters. The van der Waals surface area contributed by atoms with Crippen molar-refractivity contribution in [2.45, 2.75) is 57.5 Å². The van der Waals surface area contributed by atoms with Gasteiger partial charge in [0.1, 0.15) is 0 Å². The first kappa shape index (κ1) is 16.5. The van der Waals surface area contributed by atoms with Crippen LogP contribution in [0.15, 0.2) is 5.03 Å². The molecule has 2 rings (SSSR count). The summed E-state index contributed by atoms with van der Waals surface area (Å²) in [5.74, 6) is 0. The van der Waals surface area contributed by atoms with E-state index in [1.54, 1.807) is 4.31 Å². The predicted molar refractivity (Wildman–Crippen MR) is 82.5 cm³/mol. The Morgan fingerprint density at radius 2 is 1.90 bits per heavy atom. The van der Waals surface area contributed by atoms with Crippen molar-refractivity contribution in [2.75, 3.05) is 19.6 Å². The minimum Gasteiger partial charge on any atom is -0.313 e. The number of nitrogens with zero attached hydrogens (tertiary/aromatic N) is 2. The van der Waals surface area contributed by atoms with Gasteiger partial charge in [0, 0.05) is 30.9 Å². The van der Waals surface area contributed by atoms with Gasteiger partial charge in [-0.2, -0.15) is 9.40 Å². The van der Waals surface area contributed by atoms with Gasteiger partial charge >= 0.3 is 0 Å². The predicted octanol–water partition coefficient (Wildman–Crippen LogP) is 1.78. The fourth-order valence-corrected chi connectivity index (χ4v) is 4.33. The largest absolute Gasteiger partial charge is 0.313 e. The molecule has 1 fully saturated rings. The topological polar surface area (TPSA) is 78.1 Å². The number of H-pyrrole nitrogens is 1. The van der Waals surface area contributed by atoms with Crippen LogP contribution in [0.25, 0.3) is 0 Å². The summed E-state index contributed by atoms with van der Waals surface area (Å²) in [7, 11) is -3.48. The number of aromatic nitrogens is 2. The molecule has 120 valence electrons. The van der Waals surface area contributed by atoms with Crippen LogP contribution in [0.4, 0.5) is 0 Å². The van der Waals surface area contributed by atoms with Crippen molar-refractivity contribution in [1.29, 1.82) is 0 Å². The lowest BCUT2D eigenvalue weighted by atomic mass is 10.2. The molecule has 1 aromatic heterocycles. The number of hydrogen-bond donors (Lipinski definition) is 2. The second kappa shape index (κ2) is 7.38. The van der Waals surface area contributed by atoms with Crippen molar-refractivity contribution in [2.24, 2.45) is 0 Å². The van der Waals surface area contributed by atoms with Crippen molar-refractivity contribution in [3.8, 4) is 0 Å². The number of hydrogen-bond acceptors (Lipinski definition) is 4. The molecule has 0 amide bonds. The van der Waals surface area contributed by atoms with Crippen LogP contribution in [0.5, 0.6) is 0 Å². The highest BCUT2D eigenvalue weighted by Crippen LogP contribution is 2.23. The minimum atomic E-state index is -3.48. The molecule has 1 saturated heterocycles. The summed E-state index contributed by atoms with van der Waals surface area (Å²) < 4.78 is 27.2. The Kier molecular flexibility index (Phi) is 5.78. The summed E-state index contributed by atoms with van der Waals surface area (Å²) in [5.41, 5.74) is 1.60. The second-order valence-corrected chi connectivity index (χ2v) is 7.48. The highest BCUT2D eigenvalue weighted by atomic mass is 32.2. The average Bonchev–Trinajstić information content (AvgIpc) is 2.68. The van der Waals surface area contributed by atoms with Crippen LogP contribution in [-0.2, 0) is 16.6 Å². The number of rotatable bonds is 6. The van der Waals surface area contributed by atoms with Crippen LogP contribution in [-0.4, -0.2) is 42.6 Å². The monoisotopic (exact) mass is 314 g/mol. The molecule has 2 heterocycles. The Morgan fingerprint density at radius 1 is 1.24 bits per heavy atom. The molecule has 1 aliphatic rings. The lowest BCUT2D eigenvalue weighted by molar-refractivity contribution is 0.420. The molecular weight excluding hydrogens is 288 g/mol. The van der Waals surface area contributed by atoms with E-state index in [9.17, 15) is 8.42 Å². The van der Waals surface area contributed by atoms with Gasteiger partial charge in [-0.15, -0.1) is 0 Å². The van der Waals surface area contributed by atoms with Crippen LogP contribution in [0.3, 0.4) is 0 Å². The maximum absolute atomic E-state index is 12.8. The molecule has 21 heavy (non-hydrogen) atoms. The second-order valence-electron chi connectivity index (χ2n) is 5.63. The third-order valence-electron chi connectivity index (χ3n) is 3.91. The molecule has 0 aromatic carbocycles. The highest BCUT2D eigenvalue weighted by molar-refractivity contribution is 7.89. The summed E-state index contributed by atoms with van der Waals surface area (Å²) >= 11 is 0. The lowest BCUT2D eigenvalue weighted by Crippen LogP contribution is -2.33.